The normalized spacial score (nSPS) is 11.8. The van der Waals surface area contributed by atoms with Crippen LogP contribution in [0.1, 0.15) is 0 Å². The van der Waals surface area contributed by atoms with Gasteiger partial charge in [-0.05, 0) is 24.3 Å². The van der Waals surface area contributed by atoms with E-state index in [9.17, 15) is 0 Å². The molecule has 0 spiro atoms. The van der Waals surface area contributed by atoms with Crippen LogP contribution in [0.25, 0.3) is 0 Å². The van der Waals surface area contributed by atoms with Crippen molar-refractivity contribution in [2.24, 2.45) is 0 Å². The van der Waals surface area contributed by atoms with E-state index in [-0.39, 0.29) is 0 Å². The third-order valence-corrected chi connectivity index (χ3v) is 4.70. The van der Waals surface area contributed by atoms with Crippen LogP contribution in [-0.2, 0) is 12.5 Å². The lowest BCUT2D eigenvalue weighted by Gasteiger charge is -2.17. The highest BCUT2D eigenvalue weighted by Crippen LogP contribution is 2.47. The van der Waals surface area contributed by atoms with Crippen LogP contribution in [0.5, 0.6) is 0 Å². The van der Waals surface area contributed by atoms with E-state index in [2.05, 4.69) is 61.1 Å². The second-order valence-electron chi connectivity index (χ2n) is 3.10. The van der Waals surface area contributed by atoms with E-state index in [1.54, 1.807) is 0 Å². The maximum Gasteiger partial charge on any atom is 0.197 e. The summed E-state index contributed by atoms with van der Waals surface area (Å²) in [6.07, 6.45) is 0. The zero-order chi connectivity index (χ0) is 11.4. The minimum atomic E-state index is 1.37. The highest BCUT2D eigenvalue weighted by Gasteiger charge is 2.14. The molecule has 0 atom stereocenters. The van der Waals surface area contributed by atoms with Gasteiger partial charge in [-0.2, -0.15) is 4.21 Å². The van der Waals surface area contributed by atoms with E-state index in [1.807, 2.05) is 23.5 Å². The second kappa shape index (κ2) is 5.48. The minimum absolute atomic E-state index is 1.37. The van der Waals surface area contributed by atoms with Crippen molar-refractivity contribution < 1.29 is 4.21 Å². The molecule has 3 rings (SSSR count). The van der Waals surface area contributed by atoms with Crippen LogP contribution in [0.15, 0.2) is 68.1 Å². The van der Waals surface area contributed by atoms with Gasteiger partial charge in [-0.1, -0.05) is 47.8 Å². The molecule has 0 radical (unpaired) electrons. The molecule has 1 nitrogen and oxygen atoms in total. The second-order valence-corrected chi connectivity index (χ2v) is 5.27. The minimum Gasteiger partial charge on any atom is -0.197 e. The molecule has 0 aromatic heterocycles. The van der Waals surface area contributed by atoms with Gasteiger partial charge in [-0.3, -0.25) is 0 Å². The van der Waals surface area contributed by atoms with Gasteiger partial charge >= 0.3 is 0 Å². The molecule has 16 heavy (non-hydrogen) atoms. The average molecular weight is 264 g/mol. The summed E-state index contributed by atoms with van der Waals surface area (Å²) >= 11 is 6.56. The maximum absolute atomic E-state index is 7.83. The van der Waals surface area contributed by atoms with Crippen molar-refractivity contribution in [1.82, 2.24) is 0 Å². The summed E-state index contributed by atoms with van der Waals surface area (Å²) in [5.41, 5.74) is 0. The number of hydrogen-bond acceptors (Lipinski definition) is 4. The summed E-state index contributed by atoms with van der Waals surface area (Å²) in [6, 6.07) is 17.1. The van der Waals surface area contributed by atoms with Gasteiger partial charge in [-0.15, -0.1) is 0 Å². The van der Waals surface area contributed by atoms with Crippen molar-refractivity contribution in [3.63, 3.8) is 0 Å². The summed E-state index contributed by atoms with van der Waals surface area (Å²) in [5, 5.41) is 0. The molecule has 0 fully saturated rings. The van der Waals surface area contributed by atoms with E-state index in [1.165, 1.54) is 19.6 Å². The summed E-state index contributed by atoms with van der Waals surface area (Å²) in [6.45, 7) is 0. The Balaban J connectivity index is 0.000000457. The number of fused-ring (bicyclic) bond motifs is 2. The van der Waals surface area contributed by atoms with E-state index in [0.29, 0.717) is 0 Å². The fourth-order valence-corrected chi connectivity index (χ4v) is 3.71. The van der Waals surface area contributed by atoms with Gasteiger partial charge in [0.15, 0.2) is 12.5 Å². The number of hydrogen-bond donors (Lipinski definition) is 0. The van der Waals surface area contributed by atoms with Gasteiger partial charge in [0.05, 0.1) is 0 Å². The first kappa shape index (κ1) is 11.6. The Morgan fingerprint density at radius 2 is 0.875 bits per heavy atom. The molecule has 0 amide bonds. The average Bonchev–Trinajstić information content (AvgIpc) is 2.38. The van der Waals surface area contributed by atoms with E-state index >= 15 is 0 Å². The molecule has 2 aromatic rings. The monoisotopic (exact) mass is 264 g/mol. The molecule has 0 saturated heterocycles. The fraction of sp³-hybridized carbons (Fsp3) is 0. The highest BCUT2D eigenvalue weighted by atomic mass is 32.2. The van der Waals surface area contributed by atoms with E-state index in [0.717, 1.165) is 0 Å². The highest BCUT2D eigenvalue weighted by molar-refractivity contribution is 8.05. The summed E-state index contributed by atoms with van der Waals surface area (Å²) in [5.74, 6) is 0. The Hall–Kier alpha value is -0.840. The molecule has 0 aliphatic carbocycles. The Morgan fingerprint density at radius 1 is 0.625 bits per heavy atom. The van der Waals surface area contributed by atoms with Gasteiger partial charge in [0.2, 0.25) is 0 Å². The standard InChI is InChI=1S/C12H8S2.OS/c1-2-6-10-9(5-1)13-11-7-3-4-8-12(11)14-10;1-2/h1-8H;. The third-order valence-electron chi connectivity index (χ3n) is 2.14. The Bertz CT molecular complexity index is 412. The van der Waals surface area contributed by atoms with Crippen molar-refractivity contribution >= 4 is 36.1 Å². The SMILES string of the molecule is O=S.c1ccc2c(c1)Sc1ccccc1S2. The number of rotatable bonds is 0. The van der Waals surface area contributed by atoms with Gasteiger partial charge in [0.1, 0.15) is 0 Å². The van der Waals surface area contributed by atoms with Crippen molar-refractivity contribution in [2.75, 3.05) is 0 Å². The maximum atomic E-state index is 7.83. The summed E-state index contributed by atoms with van der Waals surface area (Å²) in [7, 11) is 0. The van der Waals surface area contributed by atoms with Crippen molar-refractivity contribution in [3.05, 3.63) is 48.5 Å². The lowest BCUT2D eigenvalue weighted by molar-refractivity contribution is 0.702. The first-order chi connectivity index (χ1) is 7.93. The molecule has 80 valence electrons. The van der Waals surface area contributed by atoms with Crippen LogP contribution >= 0.6 is 23.5 Å². The molecule has 1 aliphatic heterocycles. The summed E-state index contributed by atoms with van der Waals surface area (Å²) < 4.78 is 7.83. The molecule has 0 saturated carbocycles. The van der Waals surface area contributed by atoms with Gasteiger partial charge in [0.25, 0.3) is 0 Å². The molecule has 4 heteroatoms. The zero-order valence-corrected chi connectivity index (χ0v) is 10.7. The van der Waals surface area contributed by atoms with E-state index < -0.39 is 0 Å². The smallest absolute Gasteiger partial charge is 0.197 e. The van der Waals surface area contributed by atoms with Crippen molar-refractivity contribution in [3.8, 4) is 0 Å². The summed E-state index contributed by atoms with van der Waals surface area (Å²) in [4.78, 5) is 5.49. The molecule has 1 heterocycles. The largest absolute Gasteiger partial charge is 0.197 e. The zero-order valence-electron chi connectivity index (χ0n) is 8.25. The topological polar surface area (TPSA) is 17.1 Å². The van der Waals surface area contributed by atoms with Gasteiger partial charge < -0.3 is 0 Å². The Kier molecular flexibility index (Phi) is 3.98. The molecular formula is C12H8OS3. The number of benzene rings is 2. The van der Waals surface area contributed by atoms with Crippen molar-refractivity contribution in [1.29, 1.82) is 0 Å². The predicted octanol–water partition coefficient (Wildman–Crippen LogP) is 3.97. The van der Waals surface area contributed by atoms with E-state index in [4.69, 9.17) is 4.21 Å². The lowest BCUT2D eigenvalue weighted by Crippen LogP contribution is -1.87. The molecule has 0 N–H and O–H groups in total. The first-order valence-corrected chi connectivity index (χ1v) is 6.60. The molecule has 0 bridgehead atoms. The molecule has 2 aromatic carbocycles. The van der Waals surface area contributed by atoms with Crippen LogP contribution in [0.4, 0.5) is 0 Å². The molecule has 1 aliphatic rings. The van der Waals surface area contributed by atoms with Crippen LogP contribution in [0, 0.1) is 0 Å². The third kappa shape index (κ3) is 2.29. The predicted molar refractivity (Wildman–Crippen MR) is 69.3 cm³/mol. The molecule has 0 unspecified atom stereocenters. The van der Waals surface area contributed by atoms with Crippen LogP contribution < -0.4 is 0 Å². The Labute approximate surface area is 108 Å². The molecular weight excluding hydrogens is 256 g/mol. The van der Waals surface area contributed by atoms with Crippen LogP contribution in [-0.4, -0.2) is 4.21 Å². The van der Waals surface area contributed by atoms with Crippen LogP contribution in [0.3, 0.4) is 0 Å². The fourth-order valence-electron chi connectivity index (χ4n) is 1.47. The Morgan fingerprint density at radius 3 is 1.12 bits per heavy atom. The van der Waals surface area contributed by atoms with Gasteiger partial charge in [0, 0.05) is 19.6 Å². The van der Waals surface area contributed by atoms with Crippen LogP contribution in [0.2, 0.25) is 0 Å². The van der Waals surface area contributed by atoms with Gasteiger partial charge in [-0.25, -0.2) is 0 Å². The van der Waals surface area contributed by atoms with Crippen molar-refractivity contribution in [2.45, 2.75) is 19.6 Å². The first-order valence-electron chi connectivity index (χ1n) is 4.64. The quantitative estimate of drug-likeness (QED) is 0.611. The lowest BCUT2D eigenvalue weighted by atomic mass is 10.3.